The lowest BCUT2D eigenvalue weighted by Crippen LogP contribution is -2.54. The van der Waals surface area contributed by atoms with Crippen LogP contribution < -0.4 is 5.32 Å². The summed E-state index contributed by atoms with van der Waals surface area (Å²) in [5.41, 5.74) is -1.11. The number of hydrogen-bond donors (Lipinski definition) is 4. The van der Waals surface area contributed by atoms with Gasteiger partial charge in [0.2, 0.25) is 5.91 Å². The minimum atomic E-state index is -1.11. The number of nitrogens with one attached hydrogen (secondary N) is 1. The smallest absolute Gasteiger partial charge is 0.307 e. The topological polar surface area (TPSA) is 107 Å². The number of carboxylic acids is 1. The van der Waals surface area contributed by atoms with E-state index in [1.54, 1.807) is 0 Å². The maximum absolute atomic E-state index is 12.0. The van der Waals surface area contributed by atoms with E-state index in [-0.39, 0.29) is 5.92 Å². The molecule has 0 heterocycles. The van der Waals surface area contributed by atoms with E-state index in [9.17, 15) is 9.59 Å². The van der Waals surface area contributed by atoms with Crippen LogP contribution in [0, 0.1) is 17.8 Å². The molecule has 0 aromatic rings. The molecule has 1 fully saturated rings. The fraction of sp³-hybridized carbons (Fsp3) is 0.833. The first kappa shape index (κ1) is 14.9. The quantitative estimate of drug-likeness (QED) is 0.537. The minimum Gasteiger partial charge on any atom is -0.481 e. The van der Waals surface area contributed by atoms with Crippen molar-refractivity contribution in [2.45, 2.75) is 32.2 Å². The van der Waals surface area contributed by atoms with Crippen molar-refractivity contribution in [1.82, 2.24) is 5.32 Å². The molecule has 0 aromatic carbocycles. The van der Waals surface area contributed by atoms with E-state index >= 15 is 0 Å². The van der Waals surface area contributed by atoms with Crippen molar-refractivity contribution in [1.29, 1.82) is 0 Å². The van der Waals surface area contributed by atoms with Crippen LogP contribution in [-0.4, -0.2) is 45.9 Å². The van der Waals surface area contributed by atoms with E-state index in [0.29, 0.717) is 12.8 Å². The van der Waals surface area contributed by atoms with Crippen LogP contribution in [0.5, 0.6) is 0 Å². The third-order valence-corrected chi connectivity index (χ3v) is 3.58. The number of aliphatic hydroxyl groups is 2. The van der Waals surface area contributed by atoms with Gasteiger partial charge >= 0.3 is 5.97 Å². The summed E-state index contributed by atoms with van der Waals surface area (Å²) in [7, 11) is 0. The summed E-state index contributed by atoms with van der Waals surface area (Å²) in [4.78, 5) is 23.1. The van der Waals surface area contributed by atoms with Crippen LogP contribution in [0.1, 0.15) is 26.7 Å². The second-order valence-electron chi connectivity index (χ2n) is 5.49. The monoisotopic (exact) mass is 259 g/mol. The molecule has 104 valence electrons. The Kier molecular flexibility index (Phi) is 4.70. The molecule has 1 aliphatic rings. The van der Waals surface area contributed by atoms with Gasteiger partial charge in [-0.2, -0.15) is 0 Å². The fourth-order valence-electron chi connectivity index (χ4n) is 2.37. The zero-order valence-corrected chi connectivity index (χ0v) is 10.7. The number of aliphatic hydroxyl groups excluding tert-OH is 2. The summed E-state index contributed by atoms with van der Waals surface area (Å²) in [5.74, 6) is -2.44. The molecule has 1 unspecified atom stereocenters. The summed E-state index contributed by atoms with van der Waals surface area (Å²) in [5, 5.41) is 29.8. The highest BCUT2D eigenvalue weighted by molar-refractivity contribution is 5.85. The zero-order chi connectivity index (χ0) is 13.9. The third-order valence-electron chi connectivity index (χ3n) is 3.58. The number of amides is 1. The summed E-state index contributed by atoms with van der Waals surface area (Å²) < 4.78 is 0. The molecule has 1 rings (SSSR count). The Balaban J connectivity index is 2.74. The van der Waals surface area contributed by atoms with Crippen molar-refractivity contribution in [3.63, 3.8) is 0 Å². The highest BCUT2D eigenvalue weighted by Gasteiger charge is 2.42. The van der Waals surface area contributed by atoms with Crippen LogP contribution in [0.15, 0.2) is 0 Å². The maximum atomic E-state index is 12.0. The SMILES string of the molecule is CC1C[C@H](C(=O)NC(C)(CO)CO)[C@H](C(=O)O)C1. The second kappa shape index (κ2) is 5.67. The van der Waals surface area contributed by atoms with Gasteiger partial charge < -0.3 is 20.6 Å². The molecule has 6 nitrogen and oxygen atoms in total. The molecular formula is C12H21NO5. The van der Waals surface area contributed by atoms with E-state index < -0.39 is 42.5 Å². The van der Waals surface area contributed by atoms with Crippen LogP contribution in [0.4, 0.5) is 0 Å². The molecule has 0 bridgehead atoms. The van der Waals surface area contributed by atoms with Gasteiger partial charge in [0.15, 0.2) is 0 Å². The summed E-state index contributed by atoms with van der Waals surface area (Å²) in [6.07, 6.45) is 1.01. The average molecular weight is 259 g/mol. The molecule has 0 aromatic heterocycles. The number of carbonyl (C=O) groups excluding carboxylic acids is 1. The summed E-state index contributed by atoms with van der Waals surface area (Å²) >= 11 is 0. The van der Waals surface area contributed by atoms with E-state index in [4.69, 9.17) is 15.3 Å². The van der Waals surface area contributed by atoms with Crippen LogP contribution in [0.2, 0.25) is 0 Å². The van der Waals surface area contributed by atoms with Gasteiger partial charge in [0.1, 0.15) is 0 Å². The number of carbonyl (C=O) groups is 2. The first-order chi connectivity index (χ1) is 8.33. The highest BCUT2D eigenvalue weighted by atomic mass is 16.4. The first-order valence-electron chi connectivity index (χ1n) is 6.09. The van der Waals surface area contributed by atoms with Crippen LogP contribution >= 0.6 is 0 Å². The predicted octanol–water partition coefficient (Wildman–Crippen LogP) is -0.407. The average Bonchev–Trinajstić information content (AvgIpc) is 2.71. The normalized spacial score (nSPS) is 28.1. The van der Waals surface area contributed by atoms with Gasteiger partial charge in [-0.15, -0.1) is 0 Å². The van der Waals surface area contributed by atoms with Gasteiger partial charge in [-0.25, -0.2) is 0 Å². The third kappa shape index (κ3) is 3.20. The van der Waals surface area contributed by atoms with Gasteiger partial charge in [0.05, 0.1) is 30.6 Å². The van der Waals surface area contributed by atoms with E-state index in [2.05, 4.69) is 5.32 Å². The Morgan fingerprint density at radius 2 is 1.72 bits per heavy atom. The predicted molar refractivity (Wildman–Crippen MR) is 63.7 cm³/mol. The molecular weight excluding hydrogens is 238 g/mol. The Morgan fingerprint density at radius 1 is 1.22 bits per heavy atom. The fourth-order valence-corrected chi connectivity index (χ4v) is 2.37. The van der Waals surface area contributed by atoms with E-state index in [1.165, 1.54) is 6.92 Å². The Morgan fingerprint density at radius 3 is 2.17 bits per heavy atom. The first-order valence-corrected chi connectivity index (χ1v) is 6.09. The number of rotatable bonds is 5. The lowest BCUT2D eigenvalue weighted by molar-refractivity contribution is -0.146. The van der Waals surface area contributed by atoms with Gasteiger partial charge in [-0.3, -0.25) is 9.59 Å². The summed E-state index contributed by atoms with van der Waals surface area (Å²) in [6, 6.07) is 0. The number of hydrogen-bond acceptors (Lipinski definition) is 4. The van der Waals surface area contributed by atoms with Gasteiger partial charge in [-0.05, 0) is 25.7 Å². The Bertz CT molecular complexity index is 326. The molecule has 1 aliphatic carbocycles. The largest absolute Gasteiger partial charge is 0.481 e. The van der Waals surface area contributed by atoms with Gasteiger partial charge in [0.25, 0.3) is 0 Å². The molecule has 4 N–H and O–H groups in total. The molecule has 0 spiro atoms. The zero-order valence-electron chi connectivity index (χ0n) is 10.7. The van der Waals surface area contributed by atoms with Crippen LogP contribution in [-0.2, 0) is 9.59 Å². The van der Waals surface area contributed by atoms with Crippen LogP contribution in [0.3, 0.4) is 0 Å². The van der Waals surface area contributed by atoms with E-state index in [1.807, 2.05) is 6.92 Å². The van der Waals surface area contributed by atoms with Crippen molar-refractivity contribution in [2.24, 2.45) is 17.8 Å². The minimum absolute atomic E-state index is 0.191. The Hall–Kier alpha value is -1.14. The lowest BCUT2D eigenvalue weighted by atomic mass is 9.93. The van der Waals surface area contributed by atoms with Crippen molar-refractivity contribution in [3.8, 4) is 0 Å². The summed E-state index contributed by atoms with van der Waals surface area (Å²) in [6.45, 7) is 2.64. The molecule has 18 heavy (non-hydrogen) atoms. The van der Waals surface area contributed by atoms with Crippen LogP contribution in [0.25, 0.3) is 0 Å². The van der Waals surface area contributed by atoms with Gasteiger partial charge in [-0.1, -0.05) is 6.92 Å². The Labute approximate surface area is 106 Å². The van der Waals surface area contributed by atoms with Crippen molar-refractivity contribution in [3.05, 3.63) is 0 Å². The highest BCUT2D eigenvalue weighted by Crippen LogP contribution is 2.36. The standard InChI is InChI=1S/C12H21NO5/c1-7-3-8(9(4-7)11(17)18)10(16)13-12(2,5-14)6-15/h7-9,14-15H,3-6H2,1-2H3,(H,13,16)(H,17,18)/t7?,8-,9+/m0/s1. The number of aliphatic carboxylic acids is 1. The number of carboxylic acid groups (broad SMARTS) is 1. The molecule has 0 aliphatic heterocycles. The molecule has 1 saturated carbocycles. The molecule has 0 radical (unpaired) electrons. The maximum Gasteiger partial charge on any atom is 0.307 e. The van der Waals surface area contributed by atoms with E-state index in [0.717, 1.165) is 0 Å². The molecule has 3 atom stereocenters. The van der Waals surface area contributed by atoms with Crippen molar-refractivity contribution in [2.75, 3.05) is 13.2 Å². The lowest BCUT2D eigenvalue weighted by Gasteiger charge is -2.28. The van der Waals surface area contributed by atoms with Crippen molar-refractivity contribution >= 4 is 11.9 Å². The van der Waals surface area contributed by atoms with Gasteiger partial charge in [0, 0.05) is 0 Å². The molecule has 0 saturated heterocycles. The van der Waals surface area contributed by atoms with Crippen molar-refractivity contribution < 1.29 is 24.9 Å². The molecule has 1 amide bonds. The molecule has 6 heteroatoms. The second-order valence-corrected chi connectivity index (χ2v) is 5.49.